The Bertz CT molecular complexity index is 1540. The largest absolute Gasteiger partial charge is 0.483 e. The predicted molar refractivity (Wildman–Crippen MR) is 147 cm³/mol. The van der Waals surface area contributed by atoms with Crippen LogP contribution in [0.1, 0.15) is 11.1 Å². The molecule has 5 rings (SSSR count). The highest BCUT2D eigenvalue weighted by atomic mass is 32.2. The Labute approximate surface area is 221 Å². The minimum atomic E-state index is -3.70. The van der Waals surface area contributed by atoms with Crippen LogP contribution in [-0.2, 0) is 21.2 Å². The number of ether oxygens (including phenoxy) is 1. The Morgan fingerprint density at radius 1 is 0.946 bits per heavy atom. The molecule has 188 valence electrons. The molecule has 1 heterocycles. The van der Waals surface area contributed by atoms with Crippen molar-refractivity contribution in [3.8, 4) is 5.75 Å². The van der Waals surface area contributed by atoms with Crippen molar-refractivity contribution < 1.29 is 17.9 Å². The Morgan fingerprint density at radius 2 is 1.68 bits per heavy atom. The van der Waals surface area contributed by atoms with Gasteiger partial charge in [-0.2, -0.15) is 0 Å². The van der Waals surface area contributed by atoms with Crippen molar-refractivity contribution in [1.29, 1.82) is 0 Å². The molecule has 4 aromatic carbocycles. The average molecular weight is 531 g/mol. The third kappa shape index (κ3) is 5.50. The molecule has 37 heavy (non-hydrogen) atoms. The summed E-state index contributed by atoms with van der Waals surface area (Å²) in [5.74, 6) is 0.161. The third-order valence-corrected chi connectivity index (χ3v) is 8.96. The number of hydrogen-bond acceptors (Lipinski definition) is 5. The fourth-order valence-electron chi connectivity index (χ4n) is 4.23. The molecule has 8 heteroatoms. The van der Waals surface area contributed by atoms with Crippen molar-refractivity contribution in [2.75, 3.05) is 22.8 Å². The van der Waals surface area contributed by atoms with Gasteiger partial charge in [-0.3, -0.25) is 9.10 Å². The maximum Gasteiger partial charge on any atom is 0.264 e. The number of rotatable bonds is 8. The first-order chi connectivity index (χ1) is 17.9. The van der Waals surface area contributed by atoms with Crippen LogP contribution in [0.3, 0.4) is 0 Å². The van der Waals surface area contributed by atoms with Crippen LogP contribution in [0.5, 0.6) is 5.75 Å². The molecule has 0 aromatic heterocycles. The van der Waals surface area contributed by atoms with E-state index in [1.54, 1.807) is 30.8 Å². The van der Waals surface area contributed by atoms with Crippen LogP contribution in [0, 0.1) is 6.92 Å². The van der Waals surface area contributed by atoms with E-state index in [4.69, 9.17) is 4.74 Å². The van der Waals surface area contributed by atoms with E-state index in [9.17, 15) is 13.2 Å². The van der Waals surface area contributed by atoms with Crippen molar-refractivity contribution in [3.63, 3.8) is 0 Å². The molecule has 0 saturated heterocycles. The van der Waals surface area contributed by atoms with E-state index in [1.165, 1.54) is 10.4 Å². The first-order valence-electron chi connectivity index (χ1n) is 11.9. The number of carbonyl (C=O) groups is 1. The van der Waals surface area contributed by atoms with E-state index in [2.05, 4.69) is 5.32 Å². The lowest BCUT2D eigenvalue weighted by Gasteiger charge is -2.20. The Morgan fingerprint density at radius 3 is 2.49 bits per heavy atom. The molecule has 0 radical (unpaired) electrons. The van der Waals surface area contributed by atoms with E-state index in [0.29, 0.717) is 30.0 Å². The molecule has 6 nitrogen and oxygen atoms in total. The molecule has 1 aliphatic heterocycles. The molecule has 1 aliphatic rings. The zero-order valence-electron chi connectivity index (χ0n) is 20.3. The lowest BCUT2D eigenvalue weighted by atomic mass is 10.2. The van der Waals surface area contributed by atoms with Crippen LogP contribution in [0.15, 0.2) is 112 Å². The zero-order chi connectivity index (χ0) is 25.8. The van der Waals surface area contributed by atoms with Crippen molar-refractivity contribution in [2.24, 2.45) is 0 Å². The van der Waals surface area contributed by atoms with Crippen LogP contribution >= 0.6 is 11.8 Å². The van der Waals surface area contributed by atoms with Gasteiger partial charge in [-0.05, 0) is 73.0 Å². The first kappa shape index (κ1) is 24.9. The lowest BCUT2D eigenvalue weighted by Crippen LogP contribution is -2.29. The number of benzene rings is 4. The molecule has 1 amide bonds. The van der Waals surface area contributed by atoms with Crippen LogP contribution in [-0.4, -0.2) is 27.5 Å². The number of nitrogens with zero attached hydrogens (tertiary/aromatic N) is 1. The van der Waals surface area contributed by atoms with Crippen molar-refractivity contribution >= 4 is 39.1 Å². The molecular weight excluding hydrogens is 504 g/mol. The third-order valence-electron chi connectivity index (χ3n) is 6.07. The lowest BCUT2D eigenvalue weighted by molar-refractivity contribution is -0.118. The summed E-state index contributed by atoms with van der Waals surface area (Å²) < 4.78 is 33.8. The summed E-state index contributed by atoms with van der Waals surface area (Å²) in [6.07, 6.45) is 0.692. The topological polar surface area (TPSA) is 75.7 Å². The minimum Gasteiger partial charge on any atom is -0.483 e. The van der Waals surface area contributed by atoms with E-state index in [0.717, 1.165) is 21.0 Å². The SMILES string of the molecule is Cc1cc(S(=O)(=O)N2CCc3ccccc32)ccc1OCC(=O)Nc1ccccc1Sc1ccccc1. The van der Waals surface area contributed by atoms with Crippen LogP contribution in [0.2, 0.25) is 0 Å². The van der Waals surface area contributed by atoms with Gasteiger partial charge in [0.15, 0.2) is 6.61 Å². The number of aryl methyl sites for hydroxylation is 1. The van der Waals surface area contributed by atoms with Gasteiger partial charge in [0.05, 0.1) is 16.3 Å². The van der Waals surface area contributed by atoms with Gasteiger partial charge in [0.25, 0.3) is 15.9 Å². The molecule has 0 saturated carbocycles. The van der Waals surface area contributed by atoms with Crippen LogP contribution < -0.4 is 14.4 Å². The molecular formula is C29H26N2O4S2. The molecule has 0 aliphatic carbocycles. The fraction of sp³-hybridized carbons (Fsp3) is 0.138. The number of carbonyl (C=O) groups excluding carboxylic acids is 1. The molecule has 0 atom stereocenters. The molecule has 0 unspecified atom stereocenters. The number of fused-ring (bicyclic) bond motifs is 1. The maximum atomic E-state index is 13.3. The smallest absolute Gasteiger partial charge is 0.264 e. The highest BCUT2D eigenvalue weighted by molar-refractivity contribution is 7.99. The standard InChI is InChI=1S/C29H26N2O4S2/c1-21-19-24(37(33,34)31-18-17-22-9-5-7-13-26(22)31)15-16-27(21)35-20-29(32)30-25-12-6-8-14-28(25)36-23-10-3-2-4-11-23/h2-16,19H,17-18,20H2,1H3,(H,30,32). The maximum absolute atomic E-state index is 13.3. The average Bonchev–Trinajstić information content (AvgIpc) is 3.35. The van der Waals surface area contributed by atoms with Crippen molar-refractivity contribution in [1.82, 2.24) is 0 Å². The van der Waals surface area contributed by atoms with E-state index in [-0.39, 0.29) is 17.4 Å². The number of anilines is 2. The Balaban J connectivity index is 1.24. The molecule has 0 spiro atoms. The first-order valence-corrected chi connectivity index (χ1v) is 14.1. The zero-order valence-corrected chi connectivity index (χ0v) is 21.9. The fourth-order valence-corrected chi connectivity index (χ4v) is 6.74. The second kappa shape index (κ2) is 10.7. The van der Waals surface area contributed by atoms with Crippen LogP contribution in [0.4, 0.5) is 11.4 Å². The highest BCUT2D eigenvalue weighted by Gasteiger charge is 2.30. The highest BCUT2D eigenvalue weighted by Crippen LogP contribution is 2.35. The molecule has 1 N–H and O–H groups in total. The van der Waals surface area contributed by atoms with E-state index >= 15 is 0 Å². The molecule has 4 aromatic rings. The number of hydrogen-bond donors (Lipinski definition) is 1. The minimum absolute atomic E-state index is 0.198. The summed E-state index contributed by atoms with van der Waals surface area (Å²) >= 11 is 1.57. The number of sulfonamides is 1. The number of amides is 1. The van der Waals surface area contributed by atoms with Gasteiger partial charge in [-0.15, -0.1) is 0 Å². The van der Waals surface area contributed by atoms with Gasteiger partial charge in [0.2, 0.25) is 0 Å². The normalized spacial score (nSPS) is 12.7. The van der Waals surface area contributed by atoms with E-state index in [1.807, 2.05) is 78.9 Å². The molecule has 0 bridgehead atoms. The number of nitrogens with one attached hydrogen (secondary N) is 1. The second-order valence-corrected chi connectivity index (χ2v) is 11.6. The predicted octanol–water partition coefficient (Wildman–Crippen LogP) is 5.92. The summed E-state index contributed by atoms with van der Waals surface area (Å²) in [5, 5.41) is 2.92. The van der Waals surface area contributed by atoms with Gasteiger partial charge in [0.1, 0.15) is 5.75 Å². The van der Waals surface area contributed by atoms with Crippen molar-refractivity contribution in [3.05, 3.63) is 108 Å². The van der Waals surface area contributed by atoms with E-state index < -0.39 is 10.0 Å². The van der Waals surface area contributed by atoms with Gasteiger partial charge < -0.3 is 10.1 Å². The van der Waals surface area contributed by atoms with Gasteiger partial charge in [-0.1, -0.05) is 60.3 Å². The number of para-hydroxylation sites is 2. The summed E-state index contributed by atoms with van der Waals surface area (Å²) in [5.41, 5.74) is 3.09. The van der Waals surface area contributed by atoms with Gasteiger partial charge in [-0.25, -0.2) is 8.42 Å². The van der Waals surface area contributed by atoms with Crippen LogP contribution in [0.25, 0.3) is 0 Å². The van der Waals surface area contributed by atoms with Gasteiger partial charge >= 0.3 is 0 Å². The Kier molecular flexibility index (Phi) is 7.21. The summed E-state index contributed by atoms with van der Waals surface area (Å²) in [6.45, 7) is 2.00. The summed E-state index contributed by atoms with van der Waals surface area (Å²) in [6, 6.07) is 29.8. The quantitative estimate of drug-likeness (QED) is 0.306. The Hall–Kier alpha value is -3.75. The van der Waals surface area contributed by atoms with Gasteiger partial charge in [0, 0.05) is 16.3 Å². The summed E-state index contributed by atoms with van der Waals surface area (Å²) in [7, 11) is -3.70. The molecule has 0 fully saturated rings. The second-order valence-electron chi connectivity index (χ2n) is 8.63. The summed E-state index contributed by atoms with van der Waals surface area (Å²) in [4.78, 5) is 14.9. The van der Waals surface area contributed by atoms with Crippen molar-refractivity contribution in [2.45, 2.75) is 28.0 Å². The monoisotopic (exact) mass is 530 g/mol.